The van der Waals surface area contributed by atoms with Gasteiger partial charge >= 0.3 is 6.09 Å². The van der Waals surface area contributed by atoms with Crippen molar-refractivity contribution in [1.82, 2.24) is 4.90 Å². The van der Waals surface area contributed by atoms with Gasteiger partial charge in [0.25, 0.3) is 0 Å². The molecule has 4 nitrogen and oxygen atoms in total. The third-order valence-electron chi connectivity index (χ3n) is 2.51. The Bertz CT molecular complexity index is 227. The zero-order valence-corrected chi connectivity index (χ0v) is 8.78. The lowest BCUT2D eigenvalue weighted by Crippen LogP contribution is -2.46. The van der Waals surface area contributed by atoms with Crippen LogP contribution in [0.15, 0.2) is 0 Å². The maximum Gasteiger partial charge on any atom is 0.410 e. The number of nitrogens with zero attached hydrogens (tertiary/aromatic N) is 1. The molecule has 0 radical (unpaired) electrons. The molecule has 0 bridgehead atoms. The first-order valence-corrected chi connectivity index (χ1v) is 5.14. The summed E-state index contributed by atoms with van der Waals surface area (Å²) in [6.45, 7) is 4.67. The Kier molecular flexibility index (Phi) is 3.92. The van der Waals surface area contributed by atoms with Crippen LogP contribution in [0, 0.1) is 0 Å². The van der Waals surface area contributed by atoms with E-state index in [1.165, 1.54) is 0 Å². The number of Topliss-reactive ketones (excluding diaryl/α,β-unsaturated/α-hetero) is 1. The predicted octanol–water partition coefficient (Wildman–Crippen LogP) is 1.59. The largest absolute Gasteiger partial charge is 0.450 e. The summed E-state index contributed by atoms with van der Waals surface area (Å²) in [7, 11) is 0. The minimum atomic E-state index is -0.285. The van der Waals surface area contributed by atoms with E-state index >= 15 is 0 Å². The van der Waals surface area contributed by atoms with Gasteiger partial charge in [-0.25, -0.2) is 4.79 Å². The Balaban J connectivity index is 2.57. The Morgan fingerprint density at radius 2 is 2.29 bits per heavy atom. The summed E-state index contributed by atoms with van der Waals surface area (Å²) in [6.07, 6.45) is 1.47. The minimum Gasteiger partial charge on any atom is -0.450 e. The molecule has 0 aliphatic carbocycles. The molecule has 0 aromatic rings. The van der Waals surface area contributed by atoms with Crippen LogP contribution in [0.5, 0.6) is 0 Å². The number of hydrogen-bond donors (Lipinski definition) is 0. The summed E-state index contributed by atoms with van der Waals surface area (Å²) >= 11 is 0. The zero-order chi connectivity index (χ0) is 10.6. The molecule has 1 atom stereocenters. The first-order valence-electron chi connectivity index (χ1n) is 5.14. The number of piperidine rings is 1. The third kappa shape index (κ3) is 2.47. The van der Waals surface area contributed by atoms with Gasteiger partial charge in [0.2, 0.25) is 0 Å². The fraction of sp³-hybridized carbons (Fsp3) is 0.800. The van der Waals surface area contributed by atoms with Gasteiger partial charge in [0.15, 0.2) is 0 Å². The van der Waals surface area contributed by atoms with Crippen molar-refractivity contribution in [3.05, 3.63) is 0 Å². The van der Waals surface area contributed by atoms with Crippen LogP contribution in [0.4, 0.5) is 4.79 Å². The molecule has 1 saturated heterocycles. The Morgan fingerprint density at radius 3 is 2.86 bits per heavy atom. The lowest BCUT2D eigenvalue weighted by atomic mass is 9.99. The van der Waals surface area contributed by atoms with Gasteiger partial charge in [-0.3, -0.25) is 4.79 Å². The fourth-order valence-corrected chi connectivity index (χ4v) is 1.71. The Morgan fingerprint density at radius 1 is 1.57 bits per heavy atom. The monoisotopic (exact) mass is 199 g/mol. The van der Waals surface area contributed by atoms with Crippen LogP contribution in [0.2, 0.25) is 0 Å². The van der Waals surface area contributed by atoms with Crippen molar-refractivity contribution in [2.45, 2.75) is 39.2 Å². The van der Waals surface area contributed by atoms with E-state index in [-0.39, 0.29) is 17.9 Å². The van der Waals surface area contributed by atoms with E-state index in [1.54, 1.807) is 11.8 Å². The summed E-state index contributed by atoms with van der Waals surface area (Å²) < 4.78 is 4.92. The lowest BCUT2D eigenvalue weighted by molar-refractivity contribution is -0.122. The van der Waals surface area contributed by atoms with Crippen LogP contribution in [-0.4, -0.2) is 36.0 Å². The van der Waals surface area contributed by atoms with Crippen LogP contribution in [0.1, 0.15) is 33.1 Å². The zero-order valence-electron chi connectivity index (χ0n) is 8.78. The second-order valence-corrected chi connectivity index (χ2v) is 3.45. The van der Waals surface area contributed by atoms with E-state index in [1.807, 2.05) is 6.92 Å². The molecule has 1 heterocycles. The number of rotatable bonds is 2. The standard InChI is InChI=1S/C10H17NO3/c1-3-8-7-9(12)5-6-11(8)10(13)14-4-2/h8H,3-7H2,1-2H3. The van der Waals surface area contributed by atoms with Crippen LogP contribution in [0.3, 0.4) is 0 Å². The van der Waals surface area contributed by atoms with E-state index in [2.05, 4.69) is 0 Å². The van der Waals surface area contributed by atoms with E-state index in [0.717, 1.165) is 6.42 Å². The van der Waals surface area contributed by atoms with Crippen molar-refractivity contribution in [3.63, 3.8) is 0 Å². The SMILES string of the molecule is CCOC(=O)N1CCC(=O)CC1CC. The molecule has 0 aromatic carbocycles. The van der Waals surface area contributed by atoms with Crippen molar-refractivity contribution in [2.75, 3.05) is 13.2 Å². The van der Waals surface area contributed by atoms with E-state index in [9.17, 15) is 9.59 Å². The highest BCUT2D eigenvalue weighted by Gasteiger charge is 2.29. The van der Waals surface area contributed by atoms with Crippen molar-refractivity contribution in [2.24, 2.45) is 0 Å². The van der Waals surface area contributed by atoms with Crippen LogP contribution in [-0.2, 0) is 9.53 Å². The predicted molar refractivity (Wildman–Crippen MR) is 52.0 cm³/mol. The normalized spacial score (nSPS) is 22.3. The number of carbonyl (C=O) groups is 2. The van der Waals surface area contributed by atoms with Crippen molar-refractivity contribution in [3.8, 4) is 0 Å². The van der Waals surface area contributed by atoms with Crippen molar-refractivity contribution >= 4 is 11.9 Å². The molecule has 1 aliphatic heterocycles. The van der Waals surface area contributed by atoms with Gasteiger partial charge in [-0.2, -0.15) is 0 Å². The summed E-state index contributed by atoms with van der Waals surface area (Å²) in [5, 5.41) is 0. The van der Waals surface area contributed by atoms with Crippen molar-refractivity contribution < 1.29 is 14.3 Å². The Labute approximate surface area is 84.2 Å². The van der Waals surface area contributed by atoms with Crippen LogP contribution < -0.4 is 0 Å². The molecule has 0 spiro atoms. The van der Waals surface area contributed by atoms with E-state index in [0.29, 0.717) is 26.0 Å². The molecule has 80 valence electrons. The van der Waals surface area contributed by atoms with Gasteiger partial charge in [0.05, 0.1) is 6.61 Å². The molecular formula is C10H17NO3. The van der Waals surface area contributed by atoms with E-state index < -0.39 is 0 Å². The second-order valence-electron chi connectivity index (χ2n) is 3.45. The molecule has 1 unspecified atom stereocenters. The van der Waals surface area contributed by atoms with Gasteiger partial charge in [0, 0.05) is 25.4 Å². The summed E-state index contributed by atoms with van der Waals surface area (Å²) in [5.41, 5.74) is 0. The van der Waals surface area contributed by atoms with Gasteiger partial charge in [-0.05, 0) is 13.3 Å². The summed E-state index contributed by atoms with van der Waals surface area (Å²) in [6, 6.07) is 0.0373. The van der Waals surface area contributed by atoms with E-state index in [4.69, 9.17) is 4.74 Å². The van der Waals surface area contributed by atoms with Gasteiger partial charge in [-0.1, -0.05) is 6.92 Å². The smallest absolute Gasteiger partial charge is 0.410 e. The summed E-state index contributed by atoms with van der Waals surface area (Å²) in [4.78, 5) is 24.3. The molecule has 4 heteroatoms. The van der Waals surface area contributed by atoms with Gasteiger partial charge < -0.3 is 9.64 Å². The first-order chi connectivity index (χ1) is 6.69. The number of likely N-dealkylation sites (tertiary alicyclic amines) is 1. The van der Waals surface area contributed by atoms with Crippen LogP contribution in [0.25, 0.3) is 0 Å². The number of carbonyl (C=O) groups excluding carboxylic acids is 2. The number of hydrogen-bond acceptors (Lipinski definition) is 3. The summed E-state index contributed by atoms with van der Waals surface area (Å²) in [5.74, 6) is 0.248. The molecule has 0 N–H and O–H groups in total. The molecule has 1 fully saturated rings. The first kappa shape index (κ1) is 11.0. The third-order valence-corrected chi connectivity index (χ3v) is 2.51. The highest BCUT2D eigenvalue weighted by atomic mass is 16.6. The number of ketones is 1. The lowest BCUT2D eigenvalue weighted by Gasteiger charge is -2.33. The van der Waals surface area contributed by atoms with Crippen LogP contribution >= 0.6 is 0 Å². The molecule has 1 amide bonds. The average Bonchev–Trinajstić information content (AvgIpc) is 2.17. The minimum absolute atomic E-state index is 0.0373. The molecule has 0 saturated carbocycles. The topological polar surface area (TPSA) is 46.6 Å². The molecule has 14 heavy (non-hydrogen) atoms. The molecule has 1 rings (SSSR count). The molecular weight excluding hydrogens is 182 g/mol. The molecule has 0 aromatic heterocycles. The highest BCUT2D eigenvalue weighted by Crippen LogP contribution is 2.17. The average molecular weight is 199 g/mol. The molecule has 1 aliphatic rings. The maximum atomic E-state index is 11.5. The highest BCUT2D eigenvalue weighted by molar-refractivity contribution is 5.82. The quantitative estimate of drug-likeness (QED) is 0.678. The number of ether oxygens (including phenoxy) is 1. The second kappa shape index (κ2) is 4.98. The Hall–Kier alpha value is -1.06. The fourth-order valence-electron chi connectivity index (χ4n) is 1.71. The van der Waals surface area contributed by atoms with Gasteiger partial charge in [-0.15, -0.1) is 0 Å². The van der Waals surface area contributed by atoms with Crippen molar-refractivity contribution in [1.29, 1.82) is 0 Å². The number of amides is 1. The van der Waals surface area contributed by atoms with Gasteiger partial charge in [0.1, 0.15) is 5.78 Å². The maximum absolute atomic E-state index is 11.5.